The summed E-state index contributed by atoms with van der Waals surface area (Å²) in [6.07, 6.45) is 1.86. The van der Waals surface area contributed by atoms with Crippen LogP contribution >= 0.6 is 27.7 Å². The average Bonchev–Trinajstić information content (AvgIpc) is 3.33. The Hall–Kier alpha value is -3.61. The van der Waals surface area contributed by atoms with Crippen molar-refractivity contribution in [1.29, 1.82) is 0 Å². The van der Waals surface area contributed by atoms with Gasteiger partial charge in [0.25, 0.3) is 11.1 Å². The van der Waals surface area contributed by atoms with E-state index >= 15 is 0 Å². The van der Waals surface area contributed by atoms with Crippen molar-refractivity contribution in [2.24, 2.45) is 0 Å². The maximum atomic E-state index is 13.3. The Morgan fingerprint density at radius 2 is 1.54 bits per heavy atom. The Balaban J connectivity index is 1.35. The molecule has 0 atom stereocenters. The van der Waals surface area contributed by atoms with Gasteiger partial charge in [-0.1, -0.05) is 82.7 Å². The second-order valence-electron chi connectivity index (χ2n) is 9.18. The molecule has 182 valence electrons. The fourth-order valence-electron chi connectivity index (χ4n) is 5.12. The molecular weight excluding hydrogens is 544 g/mol. The number of halogens is 1. The highest BCUT2D eigenvalue weighted by Crippen LogP contribution is 2.36. The third kappa shape index (κ3) is 4.10. The second kappa shape index (κ2) is 9.36. The SMILES string of the molecule is Cc1cc(/C=C2\SC(=O)N(Cc3cccc4ccccc34)C2=O)c(C)n1-c1ccc(Br)c2ccccc12. The molecule has 1 aromatic heterocycles. The van der Waals surface area contributed by atoms with E-state index in [1.165, 1.54) is 4.90 Å². The number of nitrogens with zero attached hydrogens (tertiary/aromatic N) is 2. The number of amides is 2. The first kappa shape index (κ1) is 23.8. The number of thioether (sulfide) groups is 1. The smallest absolute Gasteiger partial charge is 0.293 e. The molecule has 0 radical (unpaired) electrons. The lowest BCUT2D eigenvalue weighted by atomic mass is 10.0. The van der Waals surface area contributed by atoms with Crippen molar-refractivity contribution in [2.45, 2.75) is 20.4 Å². The monoisotopic (exact) mass is 566 g/mol. The zero-order valence-corrected chi connectivity index (χ0v) is 22.8. The molecule has 0 saturated carbocycles. The van der Waals surface area contributed by atoms with E-state index < -0.39 is 0 Å². The van der Waals surface area contributed by atoms with E-state index in [1.54, 1.807) is 0 Å². The number of hydrogen-bond acceptors (Lipinski definition) is 3. The van der Waals surface area contributed by atoms with E-state index in [-0.39, 0.29) is 17.7 Å². The van der Waals surface area contributed by atoms with Gasteiger partial charge in [0.05, 0.1) is 17.1 Å². The van der Waals surface area contributed by atoms with Crippen molar-refractivity contribution < 1.29 is 9.59 Å². The largest absolute Gasteiger partial charge is 0.317 e. The Bertz CT molecular complexity index is 1760. The summed E-state index contributed by atoms with van der Waals surface area (Å²) < 4.78 is 3.26. The average molecular weight is 568 g/mol. The highest BCUT2D eigenvalue weighted by molar-refractivity contribution is 9.10. The summed E-state index contributed by atoms with van der Waals surface area (Å²) in [4.78, 5) is 28.0. The lowest BCUT2D eigenvalue weighted by Crippen LogP contribution is -2.27. The van der Waals surface area contributed by atoms with Crippen LogP contribution in [0, 0.1) is 13.8 Å². The molecule has 1 fully saturated rings. The zero-order chi connectivity index (χ0) is 25.7. The van der Waals surface area contributed by atoms with Crippen LogP contribution in [0.1, 0.15) is 22.5 Å². The van der Waals surface area contributed by atoms with E-state index in [0.717, 1.165) is 66.0 Å². The first-order valence-corrected chi connectivity index (χ1v) is 13.6. The maximum absolute atomic E-state index is 13.3. The number of aryl methyl sites for hydroxylation is 1. The van der Waals surface area contributed by atoms with Crippen LogP contribution in [-0.4, -0.2) is 20.6 Å². The number of benzene rings is 4. The molecule has 1 aliphatic heterocycles. The molecule has 0 unspecified atom stereocenters. The van der Waals surface area contributed by atoms with Crippen molar-refractivity contribution in [3.8, 4) is 5.69 Å². The van der Waals surface area contributed by atoms with E-state index in [2.05, 4.69) is 64.7 Å². The fourth-order valence-corrected chi connectivity index (χ4v) is 6.43. The van der Waals surface area contributed by atoms with Crippen molar-refractivity contribution in [2.75, 3.05) is 0 Å². The van der Waals surface area contributed by atoms with Gasteiger partial charge < -0.3 is 4.57 Å². The topological polar surface area (TPSA) is 42.3 Å². The summed E-state index contributed by atoms with van der Waals surface area (Å²) in [6, 6.07) is 28.6. The van der Waals surface area contributed by atoms with Gasteiger partial charge in [-0.2, -0.15) is 0 Å². The Labute approximate surface area is 227 Å². The van der Waals surface area contributed by atoms with Crippen LogP contribution < -0.4 is 0 Å². The normalized spacial score (nSPS) is 15.0. The summed E-state index contributed by atoms with van der Waals surface area (Å²) >= 11 is 4.67. The Morgan fingerprint density at radius 1 is 0.838 bits per heavy atom. The number of carbonyl (C=O) groups is 2. The first-order chi connectivity index (χ1) is 17.9. The van der Waals surface area contributed by atoms with Crippen LogP contribution in [0.15, 0.2) is 94.3 Å². The lowest BCUT2D eigenvalue weighted by molar-refractivity contribution is -0.123. The predicted molar refractivity (Wildman–Crippen MR) is 156 cm³/mol. The number of fused-ring (bicyclic) bond motifs is 2. The first-order valence-electron chi connectivity index (χ1n) is 12.0. The van der Waals surface area contributed by atoms with Crippen molar-refractivity contribution in [1.82, 2.24) is 9.47 Å². The Morgan fingerprint density at radius 3 is 2.35 bits per heavy atom. The standard InChI is InChI=1S/C31H23BrN2O2S/c1-19-16-23(20(2)34(19)28-15-14-27(32)25-12-5-6-13-26(25)28)17-29-30(35)33(31(36)37-29)18-22-10-7-9-21-8-3-4-11-24(21)22/h3-17H,18H2,1-2H3/b29-17-. The van der Waals surface area contributed by atoms with Gasteiger partial charge in [-0.25, -0.2) is 0 Å². The Kier molecular flexibility index (Phi) is 6.01. The molecule has 1 saturated heterocycles. The molecule has 4 nitrogen and oxygen atoms in total. The highest BCUT2D eigenvalue weighted by Gasteiger charge is 2.35. The molecule has 0 bridgehead atoms. The van der Waals surface area contributed by atoms with Crippen molar-refractivity contribution in [3.05, 3.63) is 117 Å². The van der Waals surface area contributed by atoms with Gasteiger partial charge in [0, 0.05) is 21.2 Å². The number of imide groups is 1. The molecule has 37 heavy (non-hydrogen) atoms. The third-order valence-corrected chi connectivity index (χ3v) is 8.53. The molecule has 2 amide bonds. The number of carbonyl (C=O) groups excluding carboxylic acids is 2. The summed E-state index contributed by atoms with van der Waals surface area (Å²) in [5, 5.41) is 4.19. The van der Waals surface area contributed by atoms with E-state index in [0.29, 0.717) is 4.91 Å². The molecule has 1 aliphatic rings. The van der Waals surface area contributed by atoms with Crippen LogP contribution in [0.2, 0.25) is 0 Å². The molecule has 6 heteroatoms. The summed E-state index contributed by atoms with van der Waals surface area (Å²) in [6.45, 7) is 4.37. The van der Waals surface area contributed by atoms with Gasteiger partial charge in [-0.15, -0.1) is 0 Å². The summed E-state index contributed by atoms with van der Waals surface area (Å²) in [7, 11) is 0. The van der Waals surface area contributed by atoms with Gasteiger partial charge in [-0.3, -0.25) is 14.5 Å². The number of hydrogen-bond donors (Lipinski definition) is 0. The van der Waals surface area contributed by atoms with E-state index in [4.69, 9.17) is 0 Å². The third-order valence-electron chi connectivity index (χ3n) is 6.93. The lowest BCUT2D eigenvalue weighted by Gasteiger charge is -2.14. The summed E-state index contributed by atoms with van der Waals surface area (Å²) in [5.74, 6) is -0.248. The van der Waals surface area contributed by atoms with Gasteiger partial charge in [0.2, 0.25) is 0 Å². The van der Waals surface area contributed by atoms with Gasteiger partial charge in [0.15, 0.2) is 0 Å². The van der Waals surface area contributed by atoms with Crippen LogP contribution in [0.3, 0.4) is 0 Å². The van der Waals surface area contributed by atoms with Crippen LogP contribution in [-0.2, 0) is 11.3 Å². The molecule has 4 aromatic carbocycles. The predicted octanol–water partition coefficient (Wildman–Crippen LogP) is 8.40. The van der Waals surface area contributed by atoms with Crippen LogP contribution in [0.5, 0.6) is 0 Å². The molecule has 0 N–H and O–H groups in total. The molecular formula is C31H23BrN2O2S. The minimum Gasteiger partial charge on any atom is -0.317 e. The van der Waals surface area contributed by atoms with E-state index in [1.807, 2.05) is 60.7 Å². The van der Waals surface area contributed by atoms with Crippen LogP contribution in [0.25, 0.3) is 33.3 Å². The second-order valence-corrected chi connectivity index (χ2v) is 11.0. The maximum Gasteiger partial charge on any atom is 0.293 e. The molecule has 2 heterocycles. The van der Waals surface area contributed by atoms with Gasteiger partial charge in [-0.05, 0) is 77.2 Å². The minimum absolute atomic E-state index is 0.239. The van der Waals surface area contributed by atoms with Gasteiger partial charge in [0.1, 0.15) is 0 Å². The minimum atomic E-state index is -0.248. The van der Waals surface area contributed by atoms with Gasteiger partial charge >= 0.3 is 0 Å². The molecule has 0 aliphatic carbocycles. The van der Waals surface area contributed by atoms with Crippen molar-refractivity contribution in [3.63, 3.8) is 0 Å². The quantitative estimate of drug-likeness (QED) is 0.205. The molecule has 0 spiro atoms. The fraction of sp³-hybridized carbons (Fsp3) is 0.0968. The number of aromatic nitrogens is 1. The summed E-state index contributed by atoms with van der Waals surface area (Å²) in [5.41, 5.74) is 5.05. The molecule has 6 rings (SSSR count). The number of rotatable bonds is 4. The van der Waals surface area contributed by atoms with Crippen molar-refractivity contribution >= 4 is 66.5 Å². The zero-order valence-electron chi connectivity index (χ0n) is 20.4. The highest BCUT2D eigenvalue weighted by atomic mass is 79.9. The van der Waals surface area contributed by atoms with Crippen LogP contribution in [0.4, 0.5) is 4.79 Å². The van der Waals surface area contributed by atoms with E-state index in [9.17, 15) is 9.59 Å². The molecule has 5 aromatic rings.